The Morgan fingerprint density at radius 1 is 1.50 bits per heavy atom. The van der Waals surface area contributed by atoms with Crippen molar-refractivity contribution in [1.82, 2.24) is 14.3 Å². The van der Waals surface area contributed by atoms with Crippen LogP contribution in [0.3, 0.4) is 0 Å². The molecule has 0 radical (unpaired) electrons. The molecule has 1 aliphatic heterocycles. The molecule has 0 bridgehead atoms. The van der Waals surface area contributed by atoms with Gasteiger partial charge in [0.1, 0.15) is 11.3 Å². The van der Waals surface area contributed by atoms with Crippen LogP contribution in [0.4, 0.5) is 0 Å². The zero-order chi connectivity index (χ0) is 14.3. The Labute approximate surface area is 117 Å². The van der Waals surface area contributed by atoms with Gasteiger partial charge in [0.25, 0.3) is 5.91 Å². The topological polar surface area (TPSA) is 57.8 Å². The van der Waals surface area contributed by atoms with Gasteiger partial charge in [-0.2, -0.15) is 0 Å². The van der Waals surface area contributed by atoms with Gasteiger partial charge < -0.3 is 10.0 Å². The molecule has 3 heterocycles. The summed E-state index contributed by atoms with van der Waals surface area (Å²) in [6.45, 7) is 5.10. The van der Waals surface area contributed by atoms with Gasteiger partial charge in [0, 0.05) is 25.2 Å². The molecule has 106 valence electrons. The number of imidazole rings is 1. The summed E-state index contributed by atoms with van der Waals surface area (Å²) in [5.74, 6) is 0.172. The highest BCUT2D eigenvalue weighted by Crippen LogP contribution is 2.22. The lowest BCUT2D eigenvalue weighted by molar-refractivity contribution is 0.0756. The van der Waals surface area contributed by atoms with Crippen molar-refractivity contribution in [3.05, 3.63) is 35.8 Å². The number of rotatable bonds is 2. The third-order valence-electron chi connectivity index (χ3n) is 4.07. The van der Waals surface area contributed by atoms with Crippen LogP contribution in [-0.4, -0.2) is 44.5 Å². The van der Waals surface area contributed by atoms with Crippen LogP contribution < -0.4 is 0 Å². The normalized spacial score (nSPS) is 20.6. The van der Waals surface area contributed by atoms with E-state index in [0.717, 1.165) is 17.6 Å². The molecule has 2 unspecified atom stereocenters. The molecule has 2 aromatic heterocycles. The third kappa shape index (κ3) is 2.18. The lowest BCUT2D eigenvalue weighted by atomic mass is 10.0. The first kappa shape index (κ1) is 13.1. The number of pyridine rings is 1. The number of hydrogen-bond donors (Lipinski definition) is 1. The zero-order valence-electron chi connectivity index (χ0n) is 11.8. The monoisotopic (exact) mass is 273 g/mol. The second kappa shape index (κ2) is 4.90. The molecule has 3 rings (SSSR count). The second-order valence-corrected chi connectivity index (χ2v) is 5.62. The highest BCUT2D eigenvalue weighted by atomic mass is 16.3. The maximum absolute atomic E-state index is 12.6. The van der Waals surface area contributed by atoms with Gasteiger partial charge in [-0.25, -0.2) is 4.98 Å². The number of fused-ring (bicyclic) bond motifs is 1. The minimum Gasteiger partial charge on any atom is -0.393 e. The van der Waals surface area contributed by atoms with E-state index in [2.05, 4.69) is 4.98 Å². The average Bonchev–Trinajstić information content (AvgIpc) is 3.04. The van der Waals surface area contributed by atoms with Crippen molar-refractivity contribution in [2.24, 2.45) is 5.92 Å². The van der Waals surface area contributed by atoms with Gasteiger partial charge in [-0.1, -0.05) is 6.07 Å². The quantitative estimate of drug-likeness (QED) is 0.901. The molecule has 2 aromatic rings. The number of carbonyl (C=O) groups is 1. The van der Waals surface area contributed by atoms with Crippen LogP contribution in [0.5, 0.6) is 0 Å². The standard InChI is InChI=1S/C15H19N3O2/c1-10-3-4-14-16-7-13(18(14)8-10)15(20)17-6-5-12(9-17)11(2)19/h3-4,7-8,11-12,19H,5-6,9H2,1-2H3. The largest absolute Gasteiger partial charge is 0.393 e. The number of amides is 1. The zero-order valence-corrected chi connectivity index (χ0v) is 11.8. The molecule has 2 atom stereocenters. The van der Waals surface area contributed by atoms with E-state index in [1.807, 2.05) is 34.6 Å². The number of nitrogens with zero attached hydrogens (tertiary/aromatic N) is 3. The van der Waals surface area contributed by atoms with Crippen LogP contribution in [0, 0.1) is 12.8 Å². The minimum atomic E-state index is -0.364. The Balaban J connectivity index is 1.88. The van der Waals surface area contributed by atoms with Gasteiger partial charge in [-0.3, -0.25) is 9.20 Å². The van der Waals surface area contributed by atoms with Crippen molar-refractivity contribution in [2.45, 2.75) is 26.4 Å². The summed E-state index contributed by atoms with van der Waals surface area (Å²) in [7, 11) is 0. The lowest BCUT2D eigenvalue weighted by Crippen LogP contribution is -2.31. The Morgan fingerprint density at radius 2 is 2.30 bits per heavy atom. The summed E-state index contributed by atoms with van der Waals surface area (Å²) < 4.78 is 1.84. The predicted octanol–water partition coefficient (Wildman–Crippen LogP) is 1.49. The molecule has 0 spiro atoms. The van der Waals surface area contributed by atoms with Crippen LogP contribution in [0.15, 0.2) is 24.5 Å². The van der Waals surface area contributed by atoms with Crippen LogP contribution in [-0.2, 0) is 0 Å². The van der Waals surface area contributed by atoms with E-state index in [0.29, 0.717) is 18.8 Å². The van der Waals surface area contributed by atoms with Gasteiger partial charge in [0.2, 0.25) is 0 Å². The molecule has 1 N–H and O–H groups in total. The van der Waals surface area contributed by atoms with Crippen molar-refractivity contribution in [3.8, 4) is 0 Å². The Hall–Kier alpha value is -1.88. The Bertz CT molecular complexity index is 648. The van der Waals surface area contributed by atoms with E-state index in [9.17, 15) is 9.90 Å². The van der Waals surface area contributed by atoms with Gasteiger partial charge >= 0.3 is 0 Å². The van der Waals surface area contributed by atoms with Gasteiger partial charge in [0.15, 0.2) is 0 Å². The molecular weight excluding hydrogens is 254 g/mol. The summed E-state index contributed by atoms with van der Waals surface area (Å²) in [4.78, 5) is 18.7. The maximum Gasteiger partial charge on any atom is 0.272 e. The van der Waals surface area contributed by atoms with E-state index in [1.54, 1.807) is 13.1 Å². The average molecular weight is 273 g/mol. The van der Waals surface area contributed by atoms with E-state index in [4.69, 9.17) is 0 Å². The predicted molar refractivity (Wildman–Crippen MR) is 75.6 cm³/mol. The fourth-order valence-electron chi connectivity index (χ4n) is 2.77. The molecule has 0 aliphatic carbocycles. The minimum absolute atomic E-state index is 0.00810. The van der Waals surface area contributed by atoms with E-state index in [1.165, 1.54) is 0 Å². The summed E-state index contributed by atoms with van der Waals surface area (Å²) in [5, 5.41) is 9.63. The first-order valence-electron chi connectivity index (χ1n) is 6.97. The second-order valence-electron chi connectivity index (χ2n) is 5.62. The lowest BCUT2D eigenvalue weighted by Gasteiger charge is -2.17. The number of hydrogen-bond acceptors (Lipinski definition) is 3. The smallest absolute Gasteiger partial charge is 0.272 e. The van der Waals surface area contributed by atoms with Gasteiger partial charge in [-0.15, -0.1) is 0 Å². The number of likely N-dealkylation sites (tertiary alicyclic amines) is 1. The molecule has 1 saturated heterocycles. The van der Waals surface area contributed by atoms with Crippen molar-refractivity contribution in [3.63, 3.8) is 0 Å². The number of carbonyl (C=O) groups excluding carboxylic acids is 1. The SMILES string of the molecule is Cc1ccc2ncc(C(=O)N3CCC(C(C)O)C3)n2c1. The van der Waals surface area contributed by atoms with Crippen molar-refractivity contribution in [2.75, 3.05) is 13.1 Å². The molecule has 0 aromatic carbocycles. The highest BCUT2D eigenvalue weighted by molar-refractivity contribution is 5.93. The van der Waals surface area contributed by atoms with Gasteiger partial charge in [0.05, 0.1) is 12.3 Å². The molecule has 0 saturated carbocycles. The molecule has 1 amide bonds. The van der Waals surface area contributed by atoms with Crippen molar-refractivity contribution in [1.29, 1.82) is 0 Å². The molecule has 5 nitrogen and oxygen atoms in total. The number of aromatic nitrogens is 2. The summed E-state index contributed by atoms with van der Waals surface area (Å²) >= 11 is 0. The molecule has 20 heavy (non-hydrogen) atoms. The van der Waals surface area contributed by atoms with E-state index >= 15 is 0 Å². The van der Waals surface area contributed by atoms with E-state index in [-0.39, 0.29) is 17.9 Å². The van der Waals surface area contributed by atoms with Crippen molar-refractivity contribution < 1.29 is 9.90 Å². The fraction of sp³-hybridized carbons (Fsp3) is 0.467. The van der Waals surface area contributed by atoms with Crippen LogP contribution in [0.1, 0.15) is 29.4 Å². The van der Waals surface area contributed by atoms with Crippen LogP contribution in [0.2, 0.25) is 0 Å². The molecule has 5 heteroatoms. The molecular formula is C15H19N3O2. The molecule has 1 aliphatic rings. The summed E-state index contributed by atoms with van der Waals surface area (Å²) in [5.41, 5.74) is 2.47. The van der Waals surface area contributed by atoms with E-state index < -0.39 is 0 Å². The van der Waals surface area contributed by atoms with Gasteiger partial charge in [-0.05, 0) is 31.9 Å². The number of aryl methyl sites for hydroxylation is 1. The van der Waals surface area contributed by atoms with Crippen LogP contribution >= 0.6 is 0 Å². The fourth-order valence-corrected chi connectivity index (χ4v) is 2.77. The first-order valence-corrected chi connectivity index (χ1v) is 6.97. The third-order valence-corrected chi connectivity index (χ3v) is 4.07. The Morgan fingerprint density at radius 3 is 3.00 bits per heavy atom. The van der Waals surface area contributed by atoms with Crippen molar-refractivity contribution >= 4 is 11.6 Å². The summed E-state index contributed by atoms with van der Waals surface area (Å²) in [6, 6.07) is 3.89. The number of aliphatic hydroxyl groups excluding tert-OH is 1. The number of aliphatic hydroxyl groups is 1. The molecule has 1 fully saturated rings. The maximum atomic E-state index is 12.6. The Kier molecular flexibility index (Phi) is 3.22. The first-order chi connectivity index (χ1) is 9.56. The highest BCUT2D eigenvalue weighted by Gasteiger charge is 2.30. The van der Waals surface area contributed by atoms with Crippen LogP contribution in [0.25, 0.3) is 5.65 Å². The summed E-state index contributed by atoms with van der Waals surface area (Å²) in [6.07, 6.45) is 4.06.